The molecule has 0 aliphatic rings. The van der Waals surface area contributed by atoms with Crippen LogP contribution in [0.2, 0.25) is 0 Å². The summed E-state index contributed by atoms with van der Waals surface area (Å²) in [7, 11) is -3.35. The summed E-state index contributed by atoms with van der Waals surface area (Å²) in [5.74, 6) is 0.0630. The van der Waals surface area contributed by atoms with Gasteiger partial charge in [-0.2, -0.15) is 0 Å². The van der Waals surface area contributed by atoms with Crippen molar-refractivity contribution in [3.63, 3.8) is 0 Å². The molecule has 2 aromatic rings. The lowest BCUT2D eigenvalue weighted by Gasteiger charge is -2.09. The first-order valence-corrected chi connectivity index (χ1v) is 8.73. The molecule has 0 amide bonds. The molecule has 0 atom stereocenters. The van der Waals surface area contributed by atoms with Crippen molar-refractivity contribution in [3.05, 3.63) is 72.8 Å². The van der Waals surface area contributed by atoms with Crippen molar-refractivity contribution in [2.45, 2.75) is 6.42 Å². The maximum Gasteiger partial charge on any atom is 0.233 e. The van der Waals surface area contributed by atoms with Gasteiger partial charge in [-0.25, -0.2) is 8.42 Å². The molecule has 0 spiro atoms. The summed E-state index contributed by atoms with van der Waals surface area (Å²) in [5, 5.41) is 3.14. The Bertz CT molecular complexity index is 695. The highest BCUT2D eigenvalue weighted by atomic mass is 32.2. The maximum atomic E-state index is 12.1. The summed E-state index contributed by atoms with van der Waals surface area (Å²) in [6.07, 6.45) is 2.26. The fraction of sp³-hybridized carbons (Fsp3) is 0.176. The van der Waals surface area contributed by atoms with Crippen LogP contribution in [-0.4, -0.2) is 20.7 Å². The fourth-order valence-corrected chi connectivity index (χ4v) is 3.08. The van der Waals surface area contributed by atoms with E-state index in [1.54, 1.807) is 18.2 Å². The Morgan fingerprint density at radius 1 is 0.955 bits per heavy atom. The van der Waals surface area contributed by atoms with Crippen LogP contribution in [-0.2, 0) is 16.4 Å². The normalized spacial score (nSPS) is 10.9. The van der Waals surface area contributed by atoms with Crippen molar-refractivity contribution in [1.82, 2.24) is 0 Å². The van der Waals surface area contributed by atoms with Crippen molar-refractivity contribution < 1.29 is 8.42 Å². The number of hydrogen-bond donors (Lipinski definition) is 2. The largest absolute Gasteiger partial charge is 0.382 e. The number of benzene rings is 2. The van der Waals surface area contributed by atoms with Gasteiger partial charge in [0.15, 0.2) is 0 Å². The molecular weight excluding hydrogens is 296 g/mol. The molecule has 0 bridgehead atoms. The average Bonchev–Trinajstić information content (AvgIpc) is 2.53. The zero-order chi connectivity index (χ0) is 15.8. The molecule has 116 valence electrons. The molecule has 0 fully saturated rings. The molecule has 0 saturated carbocycles. The highest BCUT2D eigenvalue weighted by Crippen LogP contribution is 2.15. The molecule has 0 saturated heterocycles. The number of anilines is 2. The van der Waals surface area contributed by atoms with Gasteiger partial charge in [0.2, 0.25) is 10.0 Å². The third kappa shape index (κ3) is 5.26. The first-order chi connectivity index (χ1) is 10.6. The zero-order valence-corrected chi connectivity index (χ0v) is 13.1. The summed E-state index contributed by atoms with van der Waals surface area (Å²) in [4.78, 5) is 0. The van der Waals surface area contributed by atoms with E-state index in [-0.39, 0.29) is 5.75 Å². The smallest absolute Gasteiger partial charge is 0.233 e. The highest BCUT2D eigenvalue weighted by molar-refractivity contribution is 7.92. The predicted molar refractivity (Wildman–Crippen MR) is 92.7 cm³/mol. The summed E-state index contributed by atoms with van der Waals surface area (Å²) in [5.41, 5.74) is 2.50. The second-order valence-electron chi connectivity index (χ2n) is 4.90. The lowest BCUT2D eigenvalue weighted by molar-refractivity contribution is 0.600. The van der Waals surface area contributed by atoms with Gasteiger partial charge in [0.1, 0.15) is 0 Å². The van der Waals surface area contributed by atoms with Gasteiger partial charge < -0.3 is 5.32 Å². The highest BCUT2D eigenvalue weighted by Gasteiger charge is 2.10. The quantitative estimate of drug-likeness (QED) is 0.735. The van der Waals surface area contributed by atoms with Gasteiger partial charge in [0.25, 0.3) is 0 Å². The predicted octanol–water partition coefficient (Wildman–Crippen LogP) is 3.27. The van der Waals surface area contributed by atoms with Gasteiger partial charge in [-0.1, -0.05) is 36.4 Å². The van der Waals surface area contributed by atoms with Gasteiger partial charge in [0, 0.05) is 17.9 Å². The lowest BCUT2D eigenvalue weighted by Crippen LogP contribution is -2.18. The van der Waals surface area contributed by atoms with Gasteiger partial charge in [-0.15, -0.1) is 6.58 Å². The summed E-state index contributed by atoms with van der Waals surface area (Å²) in [6, 6.07) is 16.7. The van der Waals surface area contributed by atoms with E-state index < -0.39 is 10.0 Å². The molecule has 0 unspecified atom stereocenters. The minimum Gasteiger partial charge on any atom is -0.382 e. The molecule has 0 aromatic heterocycles. The molecule has 4 nitrogen and oxygen atoms in total. The van der Waals surface area contributed by atoms with Crippen LogP contribution in [0.25, 0.3) is 0 Å². The van der Waals surface area contributed by atoms with E-state index in [1.165, 1.54) is 0 Å². The van der Waals surface area contributed by atoms with E-state index in [4.69, 9.17) is 0 Å². The minimum atomic E-state index is -3.35. The number of hydrogen-bond acceptors (Lipinski definition) is 3. The third-order valence-electron chi connectivity index (χ3n) is 3.11. The second kappa shape index (κ2) is 7.66. The van der Waals surface area contributed by atoms with E-state index >= 15 is 0 Å². The van der Waals surface area contributed by atoms with Gasteiger partial charge >= 0.3 is 0 Å². The van der Waals surface area contributed by atoms with Crippen molar-refractivity contribution >= 4 is 21.4 Å². The second-order valence-corrected chi connectivity index (χ2v) is 6.75. The molecule has 2 rings (SSSR count). The molecule has 0 aliphatic heterocycles. The van der Waals surface area contributed by atoms with Crippen LogP contribution in [0.4, 0.5) is 11.4 Å². The molecule has 0 aliphatic carbocycles. The minimum absolute atomic E-state index is 0.0630. The van der Waals surface area contributed by atoms with Crippen molar-refractivity contribution in [2.24, 2.45) is 0 Å². The van der Waals surface area contributed by atoms with Crippen LogP contribution in [0, 0.1) is 0 Å². The molecular formula is C17H20N2O2S. The molecule has 5 heteroatoms. The van der Waals surface area contributed by atoms with E-state index in [2.05, 4.69) is 16.6 Å². The Kier molecular flexibility index (Phi) is 5.61. The number of nitrogens with one attached hydrogen (secondary N) is 2. The molecule has 0 heterocycles. The van der Waals surface area contributed by atoms with E-state index in [1.807, 2.05) is 42.5 Å². The molecule has 0 radical (unpaired) electrons. The lowest BCUT2D eigenvalue weighted by atomic mass is 10.2. The summed E-state index contributed by atoms with van der Waals surface area (Å²) >= 11 is 0. The van der Waals surface area contributed by atoms with Gasteiger partial charge in [-0.3, -0.25) is 4.72 Å². The monoisotopic (exact) mass is 316 g/mol. The van der Waals surface area contributed by atoms with Crippen LogP contribution in [0.15, 0.2) is 67.3 Å². The Morgan fingerprint density at radius 3 is 2.23 bits per heavy atom. The van der Waals surface area contributed by atoms with Crippen LogP contribution < -0.4 is 10.0 Å². The zero-order valence-electron chi connectivity index (χ0n) is 12.3. The molecule has 2 N–H and O–H groups in total. The fourth-order valence-electron chi connectivity index (χ4n) is 1.97. The molecule has 22 heavy (non-hydrogen) atoms. The average molecular weight is 316 g/mol. The van der Waals surface area contributed by atoms with Crippen molar-refractivity contribution in [2.75, 3.05) is 22.3 Å². The van der Waals surface area contributed by atoms with E-state index in [0.717, 1.165) is 11.3 Å². The molecule has 2 aromatic carbocycles. The first-order valence-electron chi connectivity index (χ1n) is 7.08. The van der Waals surface area contributed by atoms with Gasteiger partial charge in [-0.05, 0) is 36.2 Å². The number of sulfonamides is 1. The number of aryl methyl sites for hydroxylation is 1. The van der Waals surface area contributed by atoms with Crippen molar-refractivity contribution in [1.29, 1.82) is 0 Å². The topological polar surface area (TPSA) is 58.2 Å². The standard InChI is InChI=1S/C17H20N2O2S/c1-2-13-18-16-8-10-17(11-9-16)19-22(20,21)14-12-15-6-4-3-5-7-15/h2-11,18-19H,1,12-14H2. The van der Waals surface area contributed by atoms with E-state index in [0.29, 0.717) is 18.7 Å². The first kappa shape index (κ1) is 16.1. The van der Waals surface area contributed by atoms with Gasteiger partial charge in [0.05, 0.1) is 5.75 Å². The van der Waals surface area contributed by atoms with Crippen LogP contribution in [0.1, 0.15) is 5.56 Å². The van der Waals surface area contributed by atoms with Crippen LogP contribution >= 0.6 is 0 Å². The Morgan fingerprint density at radius 2 is 1.59 bits per heavy atom. The Balaban J connectivity index is 1.92. The summed E-state index contributed by atoms with van der Waals surface area (Å²) in [6.45, 7) is 4.30. The number of rotatable bonds is 8. The Hall–Kier alpha value is -2.27. The third-order valence-corrected chi connectivity index (χ3v) is 4.40. The van der Waals surface area contributed by atoms with Crippen molar-refractivity contribution in [3.8, 4) is 0 Å². The maximum absolute atomic E-state index is 12.1. The van der Waals surface area contributed by atoms with Crippen LogP contribution in [0.3, 0.4) is 0 Å². The summed E-state index contributed by atoms with van der Waals surface area (Å²) < 4.78 is 26.8. The van der Waals surface area contributed by atoms with E-state index in [9.17, 15) is 8.42 Å². The van der Waals surface area contributed by atoms with Crippen LogP contribution in [0.5, 0.6) is 0 Å². The Labute approximate surface area is 131 Å². The SMILES string of the molecule is C=CCNc1ccc(NS(=O)(=O)CCc2ccccc2)cc1.